The molecule has 25 heavy (non-hydrogen) atoms. The van der Waals surface area contributed by atoms with E-state index in [1.54, 1.807) is 24.3 Å². The number of hydrogen-bond donors (Lipinski definition) is 2. The molecule has 3 rings (SSSR count). The standard InChI is InChI=1S/C17H17ClN2O4S/c1-24-14-7-5-13(6-8-14)20-25(22,23)16-10-11(2-9-15(16)18)17(21)19-12-3-4-12/h2,5-10,12,20H,3-4H2,1H3,(H,19,21). The van der Waals surface area contributed by atoms with Crippen molar-refractivity contribution in [1.82, 2.24) is 5.32 Å². The van der Waals surface area contributed by atoms with Crippen molar-refractivity contribution in [2.24, 2.45) is 0 Å². The first-order chi connectivity index (χ1) is 11.9. The van der Waals surface area contributed by atoms with E-state index < -0.39 is 10.0 Å². The molecule has 0 unspecified atom stereocenters. The predicted molar refractivity (Wildman–Crippen MR) is 95.7 cm³/mol. The Kier molecular flexibility index (Phi) is 4.87. The highest BCUT2D eigenvalue weighted by Gasteiger charge is 2.25. The first-order valence-corrected chi connectivity index (χ1v) is 9.52. The zero-order valence-corrected chi connectivity index (χ0v) is 15.0. The molecule has 8 heteroatoms. The topological polar surface area (TPSA) is 84.5 Å². The molecule has 2 aromatic carbocycles. The Balaban J connectivity index is 1.85. The third-order valence-corrected chi connectivity index (χ3v) is 5.60. The van der Waals surface area contributed by atoms with E-state index in [1.165, 1.54) is 25.3 Å². The summed E-state index contributed by atoms with van der Waals surface area (Å²) in [6.45, 7) is 0. The van der Waals surface area contributed by atoms with Crippen molar-refractivity contribution >= 4 is 33.2 Å². The van der Waals surface area contributed by atoms with Crippen LogP contribution in [0.2, 0.25) is 5.02 Å². The summed E-state index contributed by atoms with van der Waals surface area (Å²) < 4.78 is 32.7. The minimum absolute atomic E-state index is 0.0454. The van der Waals surface area contributed by atoms with Crippen molar-refractivity contribution in [2.75, 3.05) is 11.8 Å². The Bertz CT molecular complexity index is 893. The molecule has 0 radical (unpaired) electrons. The maximum atomic E-state index is 12.6. The van der Waals surface area contributed by atoms with Crippen LogP contribution in [0.15, 0.2) is 47.4 Å². The molecular weight excluding hydrogens is 364 g/mol. The van der Waals surface area contributed by atoms with Crippen molar-refractivity contribution in [3.05, 3.63) is 53.1 Å². The molecule has 1 saturated carbocycles. The van der Waals surface area contributed by atoms with Gasteiger partial charge in [0.05, 0.1) is 12.1 Å². The number of sulfonamides is 1. The van der Waals surface area contributed by atoms with Gasteiger partial charge in [-0.3, -0.25) is 9.52 Å². The molecule has 0 saturated heterocycles. The Morgan fingerprint density at radius 1 is 1.16 bits per heavy atom. The van der Waals surface area contributed by atoms with E-state index in [4.69, 9.17) is 16.3 Å². The van der Waals surface area contributed by atoms with Gasteiger partial charge < -0.3 is 10.1 Å². The van der Waals surface area contributed by atoms with Crippen LogP contribution < -0.4 is 14.8 Å². The van der Waals surface area contributed by atoms with Crippen molar-refractivity contribution in [3.63, 3.8) is 0 Å². The number of methoxy groups -OCH3 is 1. The summed E-state index contributed by atoms with van der Waals surface area (Å²) in [6.07, 6.45) is 1.90. The highest BCUT2D eigenvalue weighted by molar-refractivity contribution is 7.92. The van der Waals surface area contributed by atoms with Gasteiger partial charge in [0.15, 0.2) is 0 Å². The van der Waals surface area contributed by atoms with Crippen molar-refractivity contribution in [1.29, 1.82) is 0 Å². The normalized spacial score (nSPS) is 14.0. The predicted octanol–water partition coefficient (Wildman–Crippen LogP) is 3.04. The molecule has 0 bridgehead atoms. The lowest BCUT2D eigenvalue weighted by Gasteiger charge is -2.11. The summed E-state index contributed by atoms with van der Waals surface area (Å²) in [4.78, 5) is 12.0. The van der Waals surface area contributed by atoms with Gasteiger partial charge in [0.1, 0.15) is 10.6 Å². The minimum atomic E-state index is -3.94. The monoisotopic (exact) mass is 380 g/mol. The van der Waals surface area contributed by atoms with Gasteiger partial charge in [0.2, 0.25) is 0 Å². The molecule has 1 fully saturated rings. The number of anilines is 1. The molecule has 2 aromatic rings. The third-order valence-electron chi connectivity index (χ3n) is 3.74. The van der Waals surface area contributed by atoms with E-state index in [1.807, 2.05) is 0 Å². The lowest BCUT2D eigenvalue weighted by atomic mass is 10.2. The van der Waals surface area contributed by atoms with Crippen LogP contribution >= 0.6 is 11.6 Å². The smallest absolute Gasteiger partial charge is 0.263 e. The highest BCUT2D eigenvalue weighted by atomic mass is 35.5. The molecule has 6 nitrogen and oxygen atoms in total. The summed E-state index contributed by atoms with van der Waals surface area (Å²) in [5.74, 6) is 0.305. The highest BCUT2D eigenvalue weighted by Crippen LogP contribution is 2.26. The van der Waals surface area contributed by atoms with E-state index in [0.29, 0.717) is 11.4 Å². The number of carbonyl (C=O) groups is 1. The number of halogens is 1. The summed E-state index contributed by atoms with van der Waals surface area (Å²) in [5, 5.41) is 2.86. The SMILES string of the molecule is COc1ccc(NS(=O)(=O)c2cc(C(=O)NC3CC3)ccc2Cl)cc1. The van der Waals surface area contributed by atoms with E-state index in [9.17, 15) is 13.2 Å². The number of amides is 1. The van der Waals surface area contributed by atoms with Gasteiger partial charge in [-0.1, -0.05) is 11.6 Å². The van der Waals surface area contributed by atoms with Crippen molar-refractivity contribution < 1.29 is 17.9 Å². The minimum Gasteiger partial charge on any atom is -0.497 e. The zero-order valence-electron chi connectivity index (χ0n) is 13.5. The van der Waals surface area contributed by atoms with Gasteiger partial charge in [-0.2, -0.15) is 0 Å². The molecule has 2 N–H and O–H groups in total. The van der Waals surface area contributed by atoms with E-state index >= 15 is 0 Å². The number of ether oxygens (including phenoxy) is 1. The van der Waals surface area contributed by atoms with Gasteiger partial charge in [-0.25, -0.2) is 8.42 Å². The molecule has 0 spiro atoms. The molecular formula is C17H17ClN2O4S. The third kappa shape index (κ3) is 4.24. The van der Waals surface area contributed by atoms with E-state index in [0.717, 1.165) is 12.8 Å². The number of carbonyl (C=O) groups excluding carboxylic acids is 1. The summed E-state index contributed by atoms with van der Waals surface area (Å²) in [5.41, 5.74) is 0.621. The van der Waals surface area contributed by atoms with Crippen molar-refractivity contribution in [2.45, 2.75) is 23.8 Å². The summed E-state index contributed by atoms with van der Waals surface area (Å²) in [6, 6.07) is 10.8. The van der Waals surface area contributed by atoms with Crippen LogP contribution in [0, 0.1) is 0 Å². The largest absolute Gasteiger partial charge is 0.497 e. The van der Waals surface area contributed by atoms with Gasteiger partial charge in [-0.15, -0.1) is 0 Å². The molecule has 0 aromatic heterocycles. The zero-order chi connectivity index (χ0) is 18.0. The number of hydrogen-bond acceptors (Lipinski definition) is 4. The fourth-order valence-electron chi connectivity index (χ4n) is 2.22. The fourth-order valence-corrected chi connectivity index (χ4v) is 3.80. The molecule has 1 aliphatic carbocycles. The number of nitrogens with one attached hydrogen (secondary N) is 2. The molecule has 0 heterocycles. The maximum Gasteiger partial charge on any atom is 0.263 e. The lowest BCUT2D eigenvalue weighted by molar-refractivity contribution is 0.0951. The molecule has 132 valence electrons. The maximum absolute atomic E-state index is 12.6. The fraction of sp³-hybridized carbons (Fsp3) is 0.235. The lowest BCUT2D eigenvalue weighted by Crippen LogP contribution is -2.25. The van der Waals surface area contributed by atoms with Gasteiger partial charge in [-0.05, 0) is 55.3 Å². The number of rotatable bonds is 6. The first-order valence-electron chi connectivity index (χ1n) is 7.66. The van der Waals surface area contributed by atoms with Crippen LogP contribution in [0.5, 0.6) is 5.75 Å². The first kappa shape index (κ1) is 17.6. The van der Waals surface area contributed by atoms with Crippen LogP contribution in [-0.4, -0.2) is 27.5 Å². The summed E-state index contributed by atoms with van der Waals surface area (Å²) in [7, 11) is -2.41. The van der Waals surface area contributed by atoms with Crippen LogP contribution in [-0.2, 0) is 10.0 Å². The second kappa shape index (κ2) is 6.93. The average Bonchev–Trinajstić information content (AvgIpc) is 3.39. The molecule has 0 aliphatic heterocycles. The van der Waals surface area contributed by atoms with Crippen LogP contribution in [0.3, 0.4) is 0 Å². The van der Waals surface area contributed by atoms with Gasteiger partial charge in [0.25, 0.3) is 15.9 Å². The Labute approximate surface area is 151 Å². The molecule has 1 aliphatic rings. The second-order valence-corrected chi connectivity index (χ2v) is 7.78. The van der Waals surface area contributed by atoms with Crippen LogP contribution in [0.25, 0.3) is 0 Å². The summed E-state index contributed by atoms with van der Waals surface area (Å²) >= 11 is 6.05. The molecule has 1 amide bonds. The Hall–Kier alpha value is -2.25. The average molecular weight is 381 g/mol. The van der Waals surface area contributed by atoms with Gasteiger partial charge in [0, 0.05) is 17.3 Å². The van der Waals surface area contributed by atoms with E-state index in [2.05, 4.69) is 10.0 Å². The Morgan fingerprint density at radius 3 is 2.44 bits per heavy atom. The van der Waals surface area contributed by atoms with Crippen molar-refractivity contribution in [3.8, 4) is 5.75 Å². The van der Waals surface area contributed by atoms with Crippen LogP contribution in [0.4, 0.5) is 5.69 Å². The quantitative estimate of drug-likeness (QED) is 0.806. The Morgan fingerprint density at radius 2 is 1.84 bits per heavy atom. The van der Waals surface area contributed by atoms with Gasteiger partial charge >= 0.3 is 0 Å². The molecule has 0 atom stereocenters. The van der Waals surface area contributed by atoms with Crippen LogP contribution in [0.1, 0.15) is 23.2 Å². The number of benzene rings is 2. The second-order valence-electron chi connectivity index (χ2n) is 5.73. The van der Waals surface area contributed by atoms with E-state index in [-0.39, 0.29) is 27.4 Å².